The van der Waals surface area contributed by atoms with E-state index in [1.54, 1.807) is 13.8 Å². The number of benzene rings is 1. The Bertz CT molecular complexity index is 625. The molecule has 1 aliphatic heterocycles. The first-order valence-corrected chi connectivity index (χ1v) is 9.07. The van der Waals surface area contributed by atoms with Crippen LogP contribution >= 0.6 is 0 Å². The highest BCUT2D eigenvalue weighted by molar-refractivity contribution is 6.38. The normalized spacial score (nSPS) is 14.7. The zero-order valence-electron chi connectivity index (χ0n) is 15.5. The second-order valence-corrected chi connectivity index (χ2v) is 7.20. The maximum Gasteiger partial charge on any atom is 0.309 e. The van der Waals surface area contributed by atoms with Crippen LogP contribution in [0.1, 0.15) is 52.0 Å². The molecule has 1 heterocycles. The van der Waals surface area contributed by atoms with E-state index in [0.717, 1.165) is 19.3 Å². The highest BCUT2D eigenvalue weighted by Crippen LogP contribution is 2.24. The number of carbonyl (C=O) groups excluding carboxylic acids is 3. The van der Waals surface area contributed by atoms with E-state index in [1.165, 1.54) is 15.6 Å². The van der Waals surface area contributed by atoms with Crippen LogP contribution < -0.4 is 0 Å². The summed E-state index contributed by atoms with van der Waals surface area (Å²) in [4.78, 5) is 37.5. The summed E-state index contributed by atoms with van der Waals surface area (Å²) in [6.45, 7) is 6.39. The van der Waals surface area contributed by atoms with E-state index < -0.39 is 17.1 Å². The van der Waals surface area contributed by atoms with Crippen molar-refractivity contribution in [2.24, 2.45) is 5.41 Å². The molecule has 0 spiro atoms. The van der Waals surface area contributed by atoms with Crippen LogP contribution in [0.2, 0.25) is 0 Å². The van der Waals surface area contributed by atoms with E-state index in [9.17, 15) is 14.4 Å². The van der Waals surface area contributed by atoms with Crippen LogP contribution in [0.15, 0.2) is 30.3 Å². The molecule has 25 heavy (non-hydrogen) atoms. The van der Waals surface area contributed by atoms with Gasteiger partial charge in [0.1, 0.15) is 0 Å². The van der Waals surface area contributed by atoms with E-state index in [4.69, 9.17) is 0 Å². The maximum atomic E-state index is 12.5. The highest BCUT2D eigenvalue weighted by Gasteiger charge is 2.39. The lowest BCUT2D eigenvalue weighted by Crippen LogP contribution is -2.50. The number of Topliss-reactive ketones (excluding diaryl/α,β-unsaturated/α-hetero) is 1. The number of hydrogen-bond acceptors (Lipinski definition) is 3. The number of rotatable bonds is 7. The van der Waals surface area contributed by atoms with Gasteiger partial charge in [-0.25, -0.2) is 5.01 Å². The van der Waals surface area contributed by atoms with Gasteiger partial charge in [0, 0.05) is 24.9 Å². The number of amides is 2. The lowest BCUT2D eigenvalue weighted by molar-refractivity contribution is -0.164. The molecule has 0 atom stereocenters. The number of nitrogens with zero attached hydrogens (tertiary/aromatic N) is 2. The number of hydrogen-bond donors (Lipinski definition) is 0. The molecule has 1 aromatic rings. The van der Waals surface area contributed by atoms with Gasteiger partial charge in [-0.15, -0.1) is 0 Å². The van der Waals surface area contributed by atoms with Gasteiger partial charge in [-0.2, -0.15) is 0 Å². The van der Waals surface area contributed by atoms with Crippen molar-refractivity contribution in [2.45, 2.75) is 52.9 Å². The molecule has 2 amide bonds. The Labute approximate surface area is 150 Å². The lowest BCUT2D eigenvalue weighted by Gasteiger charge is -2.30. The van der Waals surface area contributed by atoms with Gasteiger partial charge in [0.2, 0.25) is 11.7 Å². The second-order valence-electron chi connectivity index (χ2n) is 7.20. The smallest absolute Gasteiger partial charge is 0.288 e. The van der Waals surface area contributed by atoms with Crippen LogP contribution in [-0.4, -0.2) is 40.7 Å². The molecule has 1 aromatic carbocycles. The Balaban J connectivity index is 1.92. The van der Waals surface area contributed by atoms with Crippen LogP contribution in [0.4, 0.5) is 0 Å². The van der Waals surface area contributed by atoms with Crippen LogP contribution in [0, 0.1) is 5.41 Å². The monoisotopic (exact) mass is 344 g/mol. The molecule has 5 heteroatoms. The first-order chi connectivity index (χ1) is 11.9. The molecule has 1 fully saturated rings. The van der Waals surface area contributed by atoms with Crippen LogP contribution in [0.25, 0.3) is 0 Å². The molecule has 2 rings (SSSR count). The predicted octanol–water partition coefficient (Wildman–Crippen LogP) is 2.99. The van der Waals surface area contributed by atoms with Gasteiger partial charge in [-0.1, -0.05) is 51.1 Å². The van der Waals surface area contributed by atoms with Crippen LogP contribution in [0.3, 0.4) is 0 Å². The van der Waals surface area contributed by atoms with Gasteiger partial charge in [0.15, 0.2) is 0 Å². The van der Waals surface area contributed by atoms with Crippen molar-refractivity contribution < 1.29 is 14.4 Å². The number of ketones is 1. The molecule has 5 nitrogen and oxygen atoms in total. The van der Waals surface area contributed by atoms with Crippen molar-refractivity contribution in [3.63, 3.8) is 0 Å². The molecule has 0 N–H and O–H groups in total. The summed E-state index contributed by atoms with van der Waals surface area (Å²) in [6.07, 6.45) is 3.25. The molecule has 0 bridgehead atoms. The fourth-order valence-electron chi connectivity index (χ4n) is 2.87. The molecule has 0 unspecified atom stereocenters. The fourth-order valence-corrected chi connectivity index (χ4v) is 2.87. The second kappa shape index (κ2) is 8.28. The Morgan fingerprint density at radius 2 is 1.68 bits per heavy atom. The quantitative estimate of drug-likeness (QED) is 0.715. The SMILES string of the molecule is CCC(C)(C)C(=O)C(=O)N1CCCN1C(=O)CCCc1ccccc1. The molecule has 1 saturated heterocycles. The van der Waals surface area contributed by atoms with Crippen molar-refractivity contribution in [1.82, 2.24) is 10.0 Å². The zero-order valence-corrected chi connectivity index (χ0v) is 15.5. The zero-order chi connectivity index (χ0) is 18.4. The van der Waals surface area contributed by atoms with Crippen molar-refractivity contribution in [2.75, 3.05) is 13.1 Å². The van der Waals surface area contributed by atoms with Gasteiger partial charge >= 0.3 is 5.91 Å². The molecule has 0 aromatic heterocycles. The van der Waals surface area contributed by atoms with Gasteiger partial charge in [0.05, 0.1) is 0 Å². The first-order valence-electron chi connectivity index (χ1n) is 9.07. The van der Waals surface area contributed by atoms with Crippen LogP contribution in [-0.2, 0) is 20.8 Å². The predicted molar refractivity (Wildman–Crippen MR) is 96.5 cm³/mol. The summed E-state index contributed by atoms with van der Waals surface area (Å²) in [5, 5.41) is 2.82. The van der Waals surface area contributed by atoms with Gasteiger partial charge in [0.25, 0.3) is 0 Å². The Morgan fingerprint density at radius 1 is 1.04 bits per heavy atom. The highest BCUT2D eigenvalue weighted by atomic mass is 16.2. The number of aryl methyl sites for hydroxylation is 1. The van der Waals surface area contributed by atoms with Crippen LogP contribution in [0.5, 0.6) is 0 Å². The Kier molecular flexibility index (Phi) is 6.34. The van der Waals surface area contributed by atoms with Crippen molar-refractivity contribution in [3.8, 4) is 0 Å². The average Bonchev–Trinajstić information content (AvgIpc) is 3.11. The molecular formula is C20H28N2O3. The summed E-state index contributed by atoms with van der Waals surface area (Å²) >= 11 is 0. The van der Waals surface area contributed by atoms with Gasteiger partial charge in [-0.3, -0.25) is 19.4 Å². The summed E-state index contributed by atoms with van der Waals surface area (Å²) < 4.78 is 0. The third-order valence-corrected chi connectivity index (χ3v) is 4.95. The third kappa shape index (κ3) is 4.68. The molecule has 1 aliphatic rings. The number of carbonyl (C=O) groups is 3. The molecule has 136 valence electrons. The van der Waals surface area contributed by atoms with Crippen molar-refractivity contribution >= 4 is 17.6 Å². The Morgan fingerprint density at radius 3 is 2.32 bits per heavy atom. The summed E-state index contributed by atoms with van der Waals surface area (Å²) in [5.41, 5.74) is 0.506. The third-order valence-electron chi connectivity index (χ3n) is 4.95. The minimum Gasteiger partial charge on any atom is -0.288 e. The summed E-state index contributed by atoms with van der Waals surface area (Å²) in [7, 11) is 0. The molecular weight excluding hydrogens is 316 g/mol. The molecule has 0 saturated carbocycles. The number of hydrazine groups is 1. The minimum atomic E-state index is -0.693. The average molecular weight is 344 g/mol. The molecule has 0 radical (unpaired) electrons. The van der Waals surface area contributed by atoms with Gasteiger partial charge in [-0.05, 0) is 31.2 Å². The topological polar surface area (TPSA) is 57.7 Å². The standard InChI is InChI=1S/C20H28N2O3/c1-4-20(2,3)18(24)19(25)22-15-9-14-21(22)17(23)13-8-12-16-10-6-5-7-11-16/h5-7,10-11H,4,8-9,12-15H2,1-3H3. The lowest BCUT2D eigenvalue weighted by atomic mass is 9.85. The minimum absolute atomic E-state index is 0.0797. The maximum absolute atomic E-state index is 12.5. The molecule has 0 aliphatic carbocycles. The Hall–Kier alpha value is -2.17. The summed E-state index contributed by atoms with van der Waals surface area (Å²) in [5.74, 6) is -1.05. The van der Waals surface area contributed by atoms with E-state index in [1.807, 2.05) is 37.3 Å². The van der Waals surface area contributed by atoms with Crippen molar-refractivity contribution in [1.29, 1.82) is 0 Å². The fraction of sp³-hybridized carbons (Fsp3) is 0.550. The van der Waals surface area contributed by atoms with Crippen molar-refractivity contribution in [3.05, 3.63) is 35.9 Å². The van der Waals surface area contributed by atoms with E-state index in [0.29, 0.717) is 25.9 Å². The van der Waals surface area contributed by atoms with E-state index >= 15 is 0 Å². The summed E-state index contributed by atoms with van der Waals surface area (Å²) in [6, 6.07) is 10.0. The van der Waals surface area contributed by atoms with Gasteiger partial charge < -0.3 is 0 Å². The van der Waals surface area contributed by atoms with E-state index in [-0.39, 0.29) is 5.91 Å². The van der Waals surface area contributed by atoms with E-state index in [2.05, 4.69) is 0 Å². The largest absolute Gasteiger partial charge is 0.309 e. The first kappa shape index (κ1) is 19.2.